The second-order valence-corrected chi connectivity index (χ2v) is 5.61. The average Bonchev–Trinajstić information content (AvgIpc) is 2.29. The summed E-state index contributed by atoms with van der Waals surface area (Å²) in [5, 5.41) is 0. The van der Waals surface area contributed by atoms with Gasteiger partial charge in [-0.05, 0) is 37.6 Å². The van der Waals surface area contributed by atoms with Crippen LogP contribution >= 0.6 is 31.9 Å². The van der Waals surface area contributed by atoms with E-state index in [1.54, 1.807) is 0 Å². The van der Waals surface area contributed by atoms with Crippen LogP contribution in [0.1, 0.15) is 33.3 Å². The van der Waals surface area contributed by atoms with Crippen molar-refractivity contribution in [2.75, 3.05) is 7.11 Å². The van der Waals surface area contributed by atoms with Crippen molar-refractivity contribution in [3.05, 3.63) is 32.7 Å². The van der Waals surface area contributed by atoms with Crippen LogP contribution in [0.3, 0.4) is 0 Å². The van der Waals surface area contributed by atoms with Gasteiger partial charge in [0.2, 0.25) is 0 Å². The van der Waals surface area contributed by atoms with Crippen LogP contribution in [0.2, 0.25) is 0 Å². The molecule has 0 amide bonds. The van der Waals surface area contributed by atoms with Crippen molar-refractivity contribution in [3.63, 3.8) is 0 Å². The van der Waals surface area contributed by atoms with Gasteiger partial charge in [0.25, 0.3) is 0 Å². The van der Waals surface area contributed by atoms with E-state index in [4.69, 9.17) is 4.74 Å². The third-order valence-electron chi connectivity index (χ3n) is 2.28. The highest BCUT2D eigenvalue weighted by Crippen LogP contribution is 2.30. The van der Waals surface area contributed by atoms with Gasteiger partial charge in [0, 0.05) is 8.95 Å². The summed E-state index contributed by atoms with van der Waals surface area (Å²) in [6, 6.07) is 5.76. The van der Waals surface area contributed by atoms with Crippen molar-refractivity contribution < 1.29 is 9.53 Å². The largest absolute Gasteiger partial charge is 0.468 e. The molecule has 96 valence electrons. The summed E-state index contributed by atoms with van der Waals surface area (Å²) in [5.74, 6) is -0.243. The molecule has 0 heterocycles. The first-order chi connectivity index (χ1) is 7.87. The van der Waals surface area contributed by atoms with E-state index in [9.17, 15) is 4.79 Å². The van der Waals surface area contributed by atoms with Gasteiger partial charge in [-0.25, -0.2) is 0 Å². The van der Waals surface area contributed by atoms with Crippen LogP contribution in [0.15, 0.2) is 27.1 Å². The van der Waals surface area contributed by atoms with E-state index in [0.29, 0.717) is 0 Å². The molecule has 1 rings (SSSR count). The Morgan fingerprint density at radius 2 is 1.53 bits per heavy atom. The fraction of sp³-hybridized carbons (Fsp3) is 0.462. The fourth-order valence-electron chi connectivity index (χ4n) is 1.29. The van der Waals surface area contributed by atoms with Gasteiger partial charge in [0.15, 0.2) is 0 Å². The lowest BCUT2D eigenvalue weighted by Gasteiger charge is -2.22. The van der Waals surface area contributed by atoms with E-state index in [2.05, 4.69) is 31.9 Å². The van der Waals surface area contributed by atoms with Crippen LogP contribution in [-0.4, -0.2) is 13.1 Å². The Bertz CT molecular complexity index is 367. The Labute approximate surface area is 120 Å². The molecule has 1 aromatic rings. The molecule has 0 aliphatic carbocycles. The minimum atomic E-state index is -0.638. The van der Waals surface area contributed by atoms with E-state index in [1.807, 2.05) is 45.9 Å². The minimum Gasteiger partial charge on any atom is -0.468 e. The fourth-order valence-corrected chi connectivity index (χ4v) is 2.58. The van der Waals surface area contributed by atoms with Crippen molar-refractivity contribution in [1.82, 2.24) is 0 Å². The van der Waals surface area contributed by atoms with E-state index in [1.165, 1.54) is 7.11 Å². The molecule has 4 heteroatoms. The number of halogens is 2. The number of esters is 1. The lowest BCUT2D eigenvalue weighted by molar-refractivity contribution is -0.146. The maximum atomic E-state index is 11.6. The number of ether oxygens (including phenoxy) is 1. The molecule has 0 radical (unpaired) electrons. The Morgan fingerprint density at radius 1 is 1.12 bits per heavy atom. The van der Waals surface area contributed by atoms with Gasteiger partial charge in [-0.15, -0.1) is 0 Å². The molecule has 1 aromatic carbocycles. The number of rotatable bonds is 2. The molecule has 0 spiro atoms. The molecule has 0 unspecified atom stereocenters. The average molecular weight is 366 g/mol. The second-order valence-electron chi connectivity index (χ2n) is 3.77. The molecule has 0 aliphatic heterocycles. The van der Waals surface area contributed by atoms with E-state index in [0.717, 1.165) is 14.5 Å². The lowest BCUT2D eigenvalue weighted by Crippen LogP contribution is -2.30. The number of hydrogen-bond donors (Lipinski definition) is 0. The van der Waals surface area contributed by atoms with E-state index in [-0.39, 0.29) is 5.97 Å². The van der Waals surface area contributed by atoms with Gasteiger partial charge in [-0.2, -0.15) is 0 Å². The summed E-state index contributed by atoms with van der Waals surface area (Å²) in [4.78, 5) is 11.6. The standard InChI is InChI=1S/C11H12Br2O2.C2H6/c1-11(2,10(14)15-3)7-4-8(12)6-9(13)5-7;1-2/h4-6H,1-3H3;1-2H3. The smallest absolute Gasteiger partial charge is 0.315 e. The molecule has 0 aliphatic rings. The zero-order valence-corrected chi connectivity index (χ0v) is 14.0. The summed E-state index contributed by atoms with van der Waals surface area (Å²) in [7, 11) is 1.40. The summed E-state index contributed by atoms with van der Waals surface area (Å²) in [6.07, 6.45) is 0. The lowest BCUT2D eigenvalue weighted by atomic mass is 9.85. The Hall–Kier alpha value is -0.350. The van der Waals surface area contributed by atoms with Crippen molar-refractivity contribution in [2.24, 2.45) is 0 Å². The van der Waals surface area contributed by atoms with Gasteiger partial charge >= 0.3 is 5.97 Å². The second kappa shape index (κ2) is 7.17. The number of methoxy groups -OCH3 is 1. The third-order valence-corrected chi connectivity index (χ3v) is 3.20. The predicted molar refractivity (Wildman–Crippen MR) is 78.2 cm³/mol. The molecular weight excluding hydrogens is 348 g/mol. The third kappa shape index (κ3) is 4.43. The van der Waals surface area contributed by atoms with Gasteiger partial charge in [0.1, 0.15) is 0 Å². The number of carbonyl (C=O) groups is 1. The van der Waals surface area contributed by atoms with Crippen LogP contribution in [0.25, 0.3) is 0 Å². The molecule has 17 heavy (non-hydrogen) atoms. The zero-order chi connectivity index (χ0) is 13.6. The number of benzene rings is 1. The predicted octanol–water partition coefficient (Wildman–Crippen LogP) is 4.69. The van der Waals surface area contributed by atoms with E-state index >= 15 is 0 Å². The monoisotopic (exact) mass is 364 g/mol. The highest BCUT2D eigenvalue weighted by molar-refractivity contribution is 9.11. The van der Waals surface area contributed by atoms with Crippen LogP contribution in [0.4, 0.5) is 0 Å². The maximum Gasteiger partial charge on any atom is 0.315 e. The number of hydrogen-bond acceptors (Lipinski definition) is 2. The minimum absolute atomic E-state index is 0.243. The van der Waals surface area contributed by atoms with Crippen molar-refractivity contribution in [3.8, 4) is 0 Å². The van der Waals surface area contributed by atoms with Gasteiger partial charge in [-0.1, -0.05) is 45.7 Å². The molecule has 0 aromatic heterocycles. The first kappa shape index (κ1) is 16.6. The van der Waals surface area contributed by atoms with Crippen molar-refractivity contribution >= 4 is 37.8 Å². The normalized spacial score (nSPS) is 10.3. The molecule has 0 atom stereocenters. The molecule has 2 nitrogen and oxygen atoms in total. The van der Waals surface area contributed by atoms with Crippen LogP contribution in [0, 0.1) is 0 Å². The van der Waals surface area contributed by atoms with Gasteiger partial charge in [0.05, 0.1) is 12.5 Å². The first-order valence-corrected chi connectivity index (χ1v) is 7.01. The van der Waals surface area contributed by atoms with Crippen LogP contribution < -0.4 is 0 Å². The molecule has 0 fully saturated rings. The SMILES string of the molecule is CC.COC(=O)C(C)(C)c1cc(Br)cc(Br)c1. The molecule has 0 saturated heterocycles. The van der Waals surface area contributed by atoms with Crippen molar-refractivity contribution in [2.45, 2.75) is 33.1 Å². The topological polar surface area (TPSA) is 26.3 Å². The van der Waals surface area contributed by atoms with Gasteiger partial charge in [-0.3, -0.25) is 4.79 Å². The molecule has 0 saturated carbocycles. The van der Waals surface area contributed by atoms with Gasteiger partial charge < -0.3 is 4.74 Å². The Balaban J connectivity index is 0.00000121. The maximum absolute atomic E-state index is 11.6. The molecule has 0 bridgehead atoms. The van der Waals surface area contributed by atoms with Crippen molar-refractivity contribution in [1.29, 1.82) is 0 Å². The summed E-state index contributed by atoms with van der Waals surface area (Å²) in [6.45, 7) is 7.68. The first-order valence-electron chi connectivity index (χ1n) is 5.43. The van der Waals surface area contributed by atoms with Crippen LogP contribution in [-0.2, 0) is 14.9 Å². The molecular formula is C13H18Br2O2. The Morgan fingerprint density at radius 3 is 1.88 bits per heavy atom. The van der Waals surface area contributed by atoms with Crippen LogP contribution in [0.5, 0.6) is 0 Å². The summed E-state index contributed by atoms with van der Waals surface area (Å²) >= 11 is 6.79. The zero-order valence-electron chi connectivity index (χ0n) is 10.8. The number of carbonyl (C=O) groups excluding carboxylic acids is 1. The quantitative estimate of drug-likeness (QED) is 0.710. The summed E-state index contributed by atoms with van der Waals surface area (Å²) in [5.41, 5.74) is 0.275. The highest BCUT2D eigenvalue weighted by Gasteiger charge is 2.31. The Kier molecular flexibility index (Phi) is 7.02. The van der Waals surface area contributed by atoms with E-state index < -0.39 is 5.41 Å². The molecule has 0 N–H and O–H groups in total. The highest BCUT2D eigenvalue weighted by atomic mass is 79.9. The summed E-state index contributed by atoms with van der Waals surface area (Å²) < 4.78 is 6.65.